The van der Waals surface area contributed by atoms with Gasteiger partial charge in [-0.2, -0.15) is 0 Å². The van der Waals surface area contributed by atoms with Crippen LogP contribution >= 0.6 is 6.83 Å². The molecule has 0 unspecified atom stereocenters. The Morgan fingerprint density at radius 3 is 1.78 bits per heavy atom. The first kappa shape index (κ1) is 24.6. The van der Waals surface area contributed by atoms with E-state index in [1.54, 1.807) is 12.1 Å². The molecule has 0 aliphatic heterocycles. The molecule has 0 heterocycles. The molecule has 0 aromatic heterocycles. The summed E-state index contributed by atoms with van der Waals surface area (Å²) in [6, 6.07) is 7.31. The summed E-state index contributed by atoms with van der Waals surface area (Å²) < 4.78 is 31.2. The van der Waals surface area contributed by atoms with Crippen LogP contribution in [0.15, 0.2) is 29.2 Å². The quantitative estimate of drug-likeness (QED) is 0.246. The number of benzene rings is 1. The SMILES string of the molecule is CCCCCCCCCCCCc1ccccc1S(=O)(=O)OP(C)(C)(C)C. The summed E-state index contributed by atoms with van der Waals surface area (Å²) in [5, 5.41) is 0. The van der Waals surface area contributed by atoms with Crippen molar-refractivity contribution >= 4 is 16.9 Å². The van der Waals surface area contributed by atoms with Gasteiger partial charge in [-0.25, -0.2) is 0 Å². The number of rotatable bonds is 14. The van der Waals surface area contributed by atoms with Crippen LogP contribution < -0.4 is 0 Å². The average molecular weight is 417 g/mol. The van der Waals surface area contributed by atoms with E-state index in [4.69, 9.17) is 3.97 Å². The second-order valence-electron chi connectivity index (χ2n) is 9.48. The third-order valence-electron chi connectivity index (χ3n) is 4.44. The van der Waals surface area contributed by atoms with Crippen molar-refractivity contribution < 1.29 is 12.4 Å². The van der Waals surface area contributed by atoms with Crippen molar-refractivity contribution in [3.63, 3.8) is 0 Å². The first-order valence-corrected chi connectivity index (χ1v) is 15.9. The normalized spacial score (nSPS) is 14.0. The molecule has 27 heavy (non-hydrogen) atoms. The molecule has 0 fully saturated rings. The van der Waals surface area contributed by atoms with Gasteiger partial charge in [0.15, 0.2) is 0 Å². The molecule has 0 radical (unpaired) electrons. The summed E-state index contributed by atoms with van der Waals surface area (Å²) >= 11 is 0. The molecule has 1 aromatic rings. The van der Waals surface area contributed by atoms with Gasteiger partial charge in [-0.05, 0) is 0 Å². The molecule has 0 spiro atoms. The molecular formula is C22H41O3PS. The summed E-state index contributed by atoms with van der Waals surface area (Å²) in [5.74, 6) is 0. The zero-order valence-electron chi connectivity index (χ0n) is 18.2. The van der Waals surface area contributed by atoms with Crippen LogP contribution in [0.2, 0.25) is 0 Å². The molecule has 0 atom stereocenters. The van der Waals surface area contributed by atoms with Gasteiger partial charge in [0.25, 0.3) is 0 Å². The van der Waals surface area contributed by atoms with E-state index < -0.39 is 16.9 Å². The molecule has 0 saturated heterocycles. The van der Waals surface area contributed by atoms with Gasteiger partial charge in [0.05, 0.1) is 0 Å². The van der Waals surface area contributed by atoms with E-state index in [0.717, 1.165) is 24.8 Å². The van der Waals surface area contributed by atoms with Gasteiger partial charge in [0, 0.05) is 0 Å². The summed E-state index contributed by atoms with van der Waals surface area (Å²) in [6.45, 7) is 7.27. The van der Waals surface area contributed by atoms with Gasteiger partial charge in [-0.3, -0.25) is 0 Å². The minimum absolute atomic E-state index is 0.349. The standard InChI is InChI=1S/C22H41O3PS/c1-6-7-8-9-10-11-12-13-14-15-18-21-19-16-17-20-22(21)27(23,24)25-26(2,3,4)5/h16-17,19-20H,6-15,18H2,1-5H3. The van der Waals surface area contributed by atoms with Crippen LogP contribution in [-0.4, -0.2) is 35.1 Å². The minimum atomic E-state index is -3.71. The Bertz CT molecular complexity index is 650. The molecule has 0 saturated carbocycles. The number of aryl methyl sites for hydroxylation is 1. The summed E-state index contributed by atoms with van der Waals surface area (Å²) in [7, 11) is -3.71. The number of hydrogen-bond acceptors (Lipinski definition) is 3. The van der Waals surface area contributed by atoms with Crippen molar-refractivity contribution in [3.05, 3.63) is 29.8 Å². The van der Waals surface area contributed by atoms with Crippen LogP contribution in [0.3, 0.4) is 0 Å². The van der Waals surface area contributed by atoms with Crippen molar-refractivity contribution in [2.75, 3.05) is 26.7 Å². The molecule has 0 amide bonds. The zero-order chi connectivity index (χ0) is 20.4. The van der Waals surface area contributed by atoms with E-state index in [-0.39, 0.29) is 0 Å². The Labute approximate surface area is 168 Å². The van der Waals surface area contributed by atoms with Crippen molar-refractivity contribution in [3.8, 4) is 0 Å². The van der Waals surface area contributed by atoms with E-state index in [9.17, 15) is 8.42 Å². The van der Waals surface area contributed by atoms with Gasteiger partial charge in [0.1, 0.15) is 0 Å². The van der Waals surface area contributed by atoms with E-state index in [1.165, 1.54) is 51.4 Å². The van der Waals surface area contributed by atoms with Crippen LogP contribution in [0.5, 0.6) is 0 Å². The monoisotopic (exact) mass is 416 g/mol. The second-order valence-corrected chi connectivity index (χ2v) is 18.3. The Morgan fingerprint density at radius 1 is 0.778 bits per heavy atom. The van der Waals surface area contributed by atoms with Crippen LogP contribution in [-0.2, 0) is 20.5 Å². The maximum absolute atomic E-state index is 12.8. The molecule has 3 nitrogen and oxygen atoms in total. The number of unbranched alkanes of at least 4 members (excludes halogenated alkanes) is 9. The van der Waals surface area contributed by atoms with E-state index in [2.05, 4.69) is 6.92 Å². The van der Waals surface area contributed by atoms with Crippen molar-refractivity contribution in [1.82, 2.24) is 0 Å². The molecule has 0 aliphatic rings. The summed E-state index contributed by atoms with van der Waals surface area (Å²) in [6.07, 6.45) is 13.6. The average Bonchev–Trinajstić information content (AvgIpc) is 2.54. The zero-order valence-corrected chi connectivity index (χ0v) is 19.9. The Balaban J connectivity index is 2.45. The van der Waals surface area contributed by atoms with Gasteiger partial charge in [-0.1, -0.05) is 26.2 Å². The van der Waals surface area contributed by atoms with Gasteiger partial charge in [-0.15, -0.1) is 0 Å². The molecule has 0 N–H and O–H groups in total. The Morgan fingerprint density at radius 2 is 1.26 bits per heavy atom. The maximum atomic E-state index is 12.8. The van der Waals surface area contributed by atoms with Crippen molar-refractivity contribution in [2.45, 2.75) is 82.4 Å². The van der Waals surface area contributed by atoms with Crippen LogP contribution in [0, 0.1) is 0 Å². The fourth-order valence-corrected chi connectivity index (χ4v) is 7.39. The predicted molar refractivity (Wildman–Crippen MR) is 121 cm³/mol. The van der Waals surface area contributed by atoms with Crippen LogP contribution in [0.25, 0.3) is 0 Å². The first-order chi connectivity index (χ1) is 12.5. The third-order valence-corrected chi connectivity index (χ3v) is 8.54. The molecular weight excluding hydrogens is 375 g/mol. The van der Waals surface area contributed by atoms with Crippen molar-refractivity contribution in [2.24, 2.45) is 0 Å². The van der Waals surface area contributed by atoms with Gasteiger partial charge in [0.2, 0.25) is 0 Å². The third kappa shape index (κ3) is 11.2. The van der Waals surface area contributed by atoms with Gasteiger partial charge < -0.3 is 0 Å². The first-order valence-electron chi connectivity index (χ1n) is 10.6. The summed E-state index contributed by atoms with van der Waals surface area (Å²) in [4.78, 5) is 0.349. The molecule has 0 aliphatic carbocycles. The Kier molecular flexibility index (Phi) is 9.96. The van der Waals surface area contributed by atoms with E-state index in [1.807, 2.05) is 38.8 Å². The van der Waals surface area contributed by atoms with Crippen LogP contribution in [0.1, 0.15) is 76.7 Å². The molecule has 158 valence electrons. The number of hydrogen-bond donors (Lipinski definition) is 0. The fraction of sp³-hybridized carbons (Fsp3) is 0.727. The Hall–Kier alpha value is -0.440. The van der Waals surface area contributed by atoms with Crippen LogP contribution in [0.4, 0.5) is 0 Å². The van der Waals surface area contributed by atoms with E-state index >= 15 is 0 Å². The molecule has 1 rings (SSSR count). The molecule has 0 bridgehead atoms. The topological polar surface area (TPSA) is 43.4 Å². The van der Waals surface area contributed by atoms with Crippen molar-refractivity contribution in [1.29, 1.82) is 0 Å². The molecule has 5 heteroatoms. The fourth-order valence-electron chi connectivity index (χ4n) is 3.19. The molecule has 1 aromatic carbocycles. The second kappa shape index (κ2) is 10.9. The van der Waals surface area contributed by atoms with E-state index in [0.29, 0.717) is 4.90 Å². The summed E-state index contributed by atoms with van der Waals surface area (Å²) in [5.41, 5.74) is 0.887. The predicted octanol–water partition coefficient (Wildman–Crippen LogP) is 6.84. The van der Waals surface area contributed by atoms with Gasteiger partial charge >= 0.3 is 142 Å².